The second-order valence-corrected chi connectivity index (χ2v) is 10.6. The van der Waals surface area contributed by atoms with Crippen LogP contribution in [0.2, 0.25) is 5.02 Å². The lowest BCUT2D eigenvalue weighted by Crippen LogP contribution is -2.40. The summed E-state index contributed by atoms with van der Waals surface area (Å²) in [4.78, 5) is 32.3. The zero-order valence-corrected chi connectivity index (χ0v) is 22.3. The van der Waals surface area contributed by atoms with Crippen molar-refractivity contribution in [2.45, 2.75) is 39.8 Å². The molecule has 8 heteroatoms. The smallest absolute Gasteiger partial charge is 0.338 e. The molecule has 0 spiro atoms. The lowest BCUT2D eigenvalue weighted by Gasteiger charge is -2.25. The predicted molar refractivity (Wildman–Crippen MR) is 144 cm³/mol. The van der Waals surface area contributed by atoms with E-state index in [1.807, 2.05) is 44.3 Å². The summed E-state index contributed by atoms with van der Waals surface area (Å²) in [5.41, 5.74) is 4.61. The number of carbonyl (C=O) groups excluding carboxylic acids is 1. The molecule has 6 nitrogen and oxygen atoms in total. The molecule has 4 aromatic rings. The molecule has 0 saturated carbocycles. The molecule has 1 aliphatic rings. The zero-order valence-electron chi connectivity index (χ0n) is 20.7. The maximum absolute atomic E-state index is 13.9. The van der Waals surface area contributed by atoms with Crippen molar-refractivity contribution < 1.29 is 9.53 Å². The van der Waals surface area contributed by atoms with Gasteiger partial charge in [0, 0.05) is 34.2 Å². The second kappa shape index (κ2) is 9.22. The van der Waals surface area contributed by atoms with Crippen LogP contribution in [0.4, 0.5) is 0 Å². The highest BCUT2D eigenvalue weighted by atomic mass is 35.5. The molecule has 1 unspecified atom stereocenters. The van der Waals surface area contributed by atoms with E-state index < -0.39 is 12.0 Å². The number of allylic oxidation sites excluding steroid dienone is 1. The first-order valence-electron chi connectivity index (χ1n) is 11.7. The Morgan fingerprint density at radius 2 is 1.83 bits per heavy atom. The number of aryl methyl sites for hydroxylation is 1. The molecular formula is C28H26ClN3O3S. The van der Waals surface area contributed by atoms with Gasteiger partial charge in [0.25, 0.3) is 5.56 Å². The molecule has 0 radical (unpaired) electrons. The summed E-state index contributed by atoms with van der Waals surface area (Å²) in [6.45, 7) is 7.43. The minimum Gasteiger partial charge on any atom is -0.459 e. The fraction of sp³-hybridized carbons (Fsp3) is 0.250. The molecule has 3 heterocycles. The van der Waals surface area contributed by atoms with E-state index in [9.17, 15) is 9.59 Å². The highest BCUT2D eigenvalue weighted by Gasteiger charge is 2.33. The van der Waals surface area contributed by atoms with E-state index in [0.29, 0.717) is 25.6 Å². The zero-order chi connectivity index (χ0) is 25.7. The van der Waals surface area contributed by atoms with E-state index in [-0.39, 0.29) is 11.7 Å². The SMILES string of the molecule is CC1=C(C(=O)OC(C)C)C(c2ccc(Cl)cc2)n2c(sc(=Cc3c(C)n(C)c4ccccc34)c2=O)=N1. The number of rotatable bonds is 4. The Labute approximate surface area is 217 Å². The van der Waals surface area contributed by atoms with E-state index in [1.54, 1.807) is 37.5 Å². The van der Waals surface area contributed by atoms with Crippen molar-refractivity contribution in [3.63, 3.8) is 0 Å². The van der Waals surface area contributed by atoms with Crippen LogP contribution in [0.25, 0.3) is 17.0 Å². The molecule has 1 atom stereocenters. The normalized spacial score (nSPS) is 16.0. The fourth-order valence-corrected chi connectivity index (χ4v) is 5.84. The number of hydrogen-bond donors (Lipinski definition) is 0. The van der Waals surface area contributed by atoms with Crippen LogP contribution in [0.3, 0.4) is 0 Å². The Hall–Kier alpha value is -3.42. The van der Waals surface area contributed by atoms with Gasteiger partial charge in [0.05, 0.1) is 27.9 Å². The van der Waals surface area contributed by atoms with Crippen LogP contribution in [0.5, 0.6) is 0 Å². The third kappa shape index (κ3) is 4.02. The van der Waals surface area contributed by atoms with Gasteiger partial charge in [0.1, 0.15) is 0 Å². The first kappa shape index (κ1) is 24.3. The van der Waals surface area contributed by atoms with Crippen molar-refractivity contribution in [1.29, 1.82) is 0 Å². The van der Waals surface area contributed by atoms with E-state index >= 15 is 0 Å². The quantitative estimate of drug-likeness (QED) is 0.369. The van der Waals surface area contributed by atoms with Crippen LogP contribution in [-0.4, -0.2) is 21.2 Å². The molecule has 0 aliphatic carbocycles. The van der Waals surface area contributed by atoms with Crippen molar-refractivity contribution in [2.75, 3.05) is 0 Å². The van der Waals surface area contributed by atoms with Gasteiger partial charge in [-0.15, -0.1) is 0 Å². The summed E-state index contributed by atoms with van der Waals surface area (Å²) >= 11 is 7.46. The minimum absolute atomic E-state index is 0.201. The minimum atomic E-state index is -0.666. The van der Waals surface area contributed by atoms with E-state index in [0.717, 1.165) is 27.7 Å². The van der Waals surface area contributed by atoms with Crippen LogP contribution >= 0.6 is 22.9 Å². The van der Waals surface area contributed by atoms with Crippen molar-refractivity contribution in [2.24, 2.45) is 12.0 Å². The van der Waals surface area contributed by atoms with Crippen LogP contribution in [0.1, 0.15) is 43.6 Å². The number of para-hydroxylation sites is 1. The van der Waals surface area contributed by atoms with Crippen LogP contribution in [0.15, 0.2) is 69.6 Å². The Morgan fingerprint density at radius 3 is 2.53 bits per heavy atom. The summed E-state index contributed by atoms with van der Waals surface area (Å²) in [7, 11) is 2.02. The molecular weight excluding hydrogens is 494 g/mol. The van der Waals surface area contributed by atoms with Crippen LogP contribution in [-0.2, 0) is 16.6 Å². The van der Waals surface area contributed by atoms with Gasteiger partial charge in [-0.3, -0.25) is 9.36 Å². The van der Waals surface area contributed by atoms with Crippen molar-refractivity contribution in [1.82, 2.24) is 9.13 Å². The Morgan fingerprint density at radius 1 is 1.14 bits per heavy atom. The van der Waals surface area contributed by atoms with Gasteiger partial charge in [0.2, 0.25) is 0 Å². The van der Waals surface area contributed by atoms with Gasteiger partial charge in [-0.2, -0.15) is 0 Å². The van der Waals surface area contributed by atoms with Gasteiger partial charge < -0.3 is 9.30 Å². The summed E-state index contributed by atoms with van der Waals surface area (Å²) in [6, 6.07) is 14.6. The van der Waals surface area contributed by atoms with Crippen LogP contribution in [0, 0.1) is 6.92 Å². The lowest BCUT2D eigenvalue weighted by molar-refractivity contribution is -0.143. The third-order valence-corrected chi connectivity index (χ3v) is 7.73. The first-order valence-corrected chi connectivity index (χ1v) is 12.9. The standard InChI is InChI=1S/C28H26ClN3O3S/c1-15(2)35-27(34)24-16(3)30-28-32(25(24)18-10-12-19(29)13-11-18)26(33)23(36-28)14-21-17(4)31(5)22-9-7-6-8-20(21)22/h6-15,25H,1-5H3. The summed E-state index contributed by atoms with van der Waals surface area (Å²) in [5, 5.41) is 1.65. The molecule has 0 saturated heterocycles. The number of esters is 1. The molecule has 2 aromatic heterocycles. The van der Waals surface area contributed by atoms with E-state index in [1.165, 1.54) is 11.3 Å². The maximum Gasteiger partial charge on any atom is 0.338 e. The van der Waals surface area contributed by atoms with Crippen molar-refractivity contribution in [3.05, 3.63) is 101 Å². The summed E-state index contributed by atoms with van der Waals surface area (Å²) in [6.07, 6.45) is 1.63. The molecule has 5 rings (SSSR count). The van der Waals surface area contributed by atoms with E-state index in [2.05, 4.69) is 21.7 Å². The Kier molecular flexibility index (Phi) is 6.22. The number of thiazole rings is 1. The molecule has 184 valence electrons. The average molecular weight is 520 g/mol. The first-order chi connectivity index (χ1) is 17.2. The monoisotopic (exact) mass is 519 g/mol. The number of nitrogens with zero attached hydrogens (tertiary/aromatic N) is 3. The topological polar surface area (TPSA) is 65.6 Å². The van der Waals surface area contributed by atoms with Crippen LogP contribution < -0.4 is 14.9 Å². The van der Waals surface area contributed by atoms with Crippen molar-refractivity contribution in [3.8, 4) is 0 Å². The average Bonchev–Trinajstić information content (AvgIpc) is 3.27. The molecule has 36 heavy (non-hydrogen) atoms. The number of aromatic nitrogens is 2. The largest absolute Gasteiger partial charge is 0.459 e. The molecule has 0 N–H and O–H groups in total. The molecule has 2 aromatic carbocycles. The molecule has 0 bridgehead atoms. The number of hydrogen-bond acceptors (Lipinski definition) is 5. The highest BCUT2D eigenvalue weighted by Crippen LogP contribution is 2.32. The highest BCUT2D eigenvalue weighted by molar-refractivity contribution is 7.07. The fourth-order valence-electron chi connectivity index (χ4n) is 4.68. The number of ether oxygens (including phenoxy) is 1. The summed E-state index contributed by atoms with van der Waals surface area (Å²) < 4.78 is 9.83. The van der Waals surface area contributed by atoms with Gasteiger partial charge in [-0.05, 0) is 57.5 Å². The Balaban J connectivity index is 1.76. The van der Waals surface area contributed by atoms with Gasteiger partial charge in [-0.25, -0.2) is 9.79 Å². The summed E-state index contributed by atoms with van der Waals surface area (Å²) in [5.74, 6) is -0.481. The Bertz CT molecular complexity index is 1720. The second-order valence-electron chi connectivity index (χ2n) is 9.16. The predicted octanol–water partition coefficient (Wildman–Crippen LogP) is 4.64. The maximum atomic E-state index is 13.9. The number of halogens is 1. The lowest BCUT2D eigenvalue weighted by atomic mass is 9.96. The van der Waals surface area contributed by atoms with Gasteiger partial charge >= 0.3 is 5.97 Å². The van der Waals surface area contributed by atoms with Crippen molar-refractivity contribution >= 4 is 45.9 Å². The van der Waals surface area contributed by atoms with Gasteiger partial charge in [-0.1, -0.05) is 53.3 Å². The molecule has 0 fully saturated rings. The van der Waals surface area contributed by atoms with E-state index in [4.69, 9.17) is 16.3 Å². The third-order valence-electron chi connectivity index (χ3n) is 6.49. The molecule has 1 aliphatic heterocycles. The number of carbonyl (C=O) groups is 1. The molecule has 0 amide bonds. The number of fused-ring (bicyclic) bond motifs is 2. The number of benzene rings is 2. The van der Waals surface area contributed by atoms with Gasteiger partial charge in [0.15, 0.2) is 4.80 Å².